The van der Waals surface area contributed by atoms with Gasteiger partial charge >= 0.3 is 0 Å². The van der Waals surface area contributed by atoms with Gasteiger partial charge in [0.25, 0.3) is 0 Å². The van der Waals surface area contributed by atoms with E-state index in [0.717, 1.165) is 32.1 Å². The van der Waals surface area contributed by atoms with Crippen molar-refractivity contribution < 1.29 is 20.1 Å². The van der Waals surface area contributed by atoms with Crippen molar-refractivity contribution in [3.63, 3.8) is 0 Å². The lowest BCUT2D eigenvalue weighted by Crippen LogP contribution is -2.50. The Morgan fingerprint density at radius 3 is 0.787 bits per heavy atom. The fourth-order valence-corrected chi connectivity index (χ4v) is 9.34. The number of amides is 1. The monoisotopic (exact) mass is 864 g/mol. The van der Waals surface area contributed by atoms with Crippen LogP contribution in [0.1, 0.15) is 328 Å². The fraction of sp³-hybridized carbons (Fsp3) is 0.982. The molecule has 0 aromatic carbocycles. The van der Waals surface area contributed by atoms with Gasteiger partial charge in [0.1, 0.15) is 6.10 Å². The number of carbonyl (C=O) groups is 1. The first-order chi connectivity index (χ1) is 30.1. The Bertz CT molecular complexity index is 822. The smallest absolute Gasteiger partial charge is 0.220 e. The van der Waals surface area contributed by atoms with E-state index in [1.807, 2.05) is 0 Å². The van der Waals surface area contributed by atoms with Gasteiger partial charge in [0.2, 0.25) is 5.91 Å². The molecule has 0 rings (SSSR count). The van der Waals surface area contributed by atoms with Crippen LogP contribution in [0.2, 0.25) is 0 Å². The highest BCUT2D eigenvalue weighted by Gasteiger charge is 2.26. The van der Waals surface area contributed by atoms with Gasteiger partial charge < -0.3 is 20.6 Å². The molecule has 0 spiro atoms. The van der Waals surface area contributed by atoms with E-state index in [2.05, 4.69) is 19.2 Å². The highest BCUT2D eigenvalue weighted by Crippen LogP contribution is 2.19. The van der Waals surface area contributed by atoms with Gasteiger partial charge in [0, 0.05) is 6.42 Å². The maximum absolute atomic E-state index is 12.5. The van der Waals surface area contributed by atoms with E-state index in [-0.39, 0.29) is 12.5 Å². The molecule has 0 aliphatic rings. The summed E-state index contributed by atoms with van der Waals surface area (Å²) in [4.78, 5) is 12.5. The molecule has 61 heavy (non-hydrogen) atoms. The van der Waals surface area contributed by atoms with Crippen LogP contribution in [0, 0.1) is 0 Å². The first kappa shape index (κ1) is 60.4. The molecule has 0 saturated heterocycles. The van der Waals surface area contributed by atoms with Crippen LogP contribution in [0.3, 0.4) is 0 Å². The van der Waals surface area contributed by atoms with Crippen LogP contribution in [0.15, 0.2) is 0 Å². The number of hydrogen-bond acceptors (Lipinski definition) is 4. The molecule has 0 saturated carbocycles. The Balaban J connectivity index is 3.48. The van der Waals surface area contributed by atoms with Crippen LogP contribution in [-0.2, 0) is 4.79 Å². The van der Waals surface area contributed by atoms with Gasteiger partial charge in [-0.25, -0.2) is 0 Å². The molecule has 0 aliphatic heterocycles. The predicted molar refractivity (Wildman–Crippen MR) is 269 cm³/mol. The van der Waals surface area contributed by atoms with Crippen molar-refractivity contribution in [2.75, 3.05) is 6.61 Å². The molecule has 3 atom stereocenters. The number of hydrogen-bond donors (Lipinski definition) is 4. The summed E-state index contributed by atoms with van der Waals surface area (Å²) < 4.78 is 0. The molecule has 0 aromatic rings. The van der Waals surface area contributed by atoms with Crippen LogP contribution < -0.4 is 5.32 Å². The fourth-order valence-electron chi connectivity index (χ4n) is 9.34. The second kappa shape index (κ2) is 52.0. The molecule has 4 N–H and O–H groups in total. The second-order valence-electron chi connectivity index (χ2n) is 19.9. The summed E-state index contributed by atoms with van der Waals surface area (Å²) in [5.41, 5.74) is 0. The summed E-state index contributed by atoms with van der Waals surface area (Å²) in [5, 5.41) is 33.8. The summed E-state index contributed by atoms with van der Waals surface area (Å²) in [6, 6.07) is -0.804. The minimum atomic E-state index is -1.13. The van der Waals surface area contributed by atoms with Crippen LogP contribution >= 0.6 is 0 Å². The lowest BCUT2D eigenvalue weighted by molar-refractivity contribution is -0.124. The third-order valence-electron chi connectivity index (χ3n) is 13.7. The molecule has 3 unspecified atom stereocenters. The summed E-state index contributed by atoms with van der Waals surface area (Å²) >= 11 is 0. The lowest BCUT2D eigenvalue weighted by atomic mass is 9.99. The minimum Gasteiger partial charge on any atom is -0.394 e. The molecule has 0 bridgehead atoms. The summed E-state index contributed by atoms with van der Waals surface area (Å²) in [6.45, 7) is 4.23. The maximum Gasteiger partial charge on any atom is 0.220 e. The third-order valence-corrected chi connectivity index (χ3v) is 13.7. The maximum atomic E-state index is 12.5. The number of aliphatic hydroxyl groups is 3. The van der Waals surface area contributed by atoms with Crippen LogP contribution in [-0.4, -0.2) is 46.1 Å². The molecule has 366 valence electrons. The summed E-state index contributed by atoms with van der Waals surface area (Å²) in [5.74, 6) is -0.136. The van der Waals surface area contributed by atoms with Crippen molar-refractivity contribution >= 4 is 5.91 Å². The average molecular weight is 865 g/mol. The molecule has 5 nitrogen and oxygen atoms in total. The Hall–Kier alpha value is -0.650. The molecular formula is C56H113NO4. The van der Waals surface area contributed by atoms with Crippen LogP contribution in [0.4, 0.5) is 0 Å². The predicted octanol–water partition coefficient (Wildman–Crippen LogP) is 17.3. The number of rotatable bonds is 53. The van der Waals surface area contributed by atoms with Crippen molar-refractivity contribution in [3.8, 4) is 0 Å². The third kappa shape index (κ3) is 47.1. The zero-order valence-corrected chi connectivity index (χ0v) is 41.8. The molecule has 0 heterocycles. The van der Waals surface area contributed by atoms with E-state index in [1.54, 1.807) is 0 Å². The van der Waals surface area contributed by atoms with E-state index in [4.69, 9.17) is 0 Å². The highest BCUT2D eigenvalue weighted by atomic mass is 16.3. The SMILES string of the molecule is CCCCCCCCCCCCCCCCCCCCCCCCCCCCCCC(=O)NC(CO)C(O)C(O)CCCCCCCCCCCCCCCCCCCCC. The van der Waals surface area contributed by atoms with E-state index in [0.29, 0.717) is 12.8 Å². The molecule has 5 heteroatoms. The van der Waals surface area contributed by atoms with Gasteiger partial charge in [0.05, 0.1) is 18.8 Å². The normalized spacial score (nSPS) is 13.2. The van der Waals surface area contributed by atoms with Gasteiger partial charge in [-0.15, -0.1) is 0 Å². The first-order valence-electron chi connectivity index (χ1n) is 28.3. The van der Waals surface area contributed by atoms with Crippen LogP contribution in [0.5, 0.6) is 0 Å². The highest BCUT2D eigenvalue weighted by molar-refractivity contribution is 5.76. The standard InChI is InChI=1S/C56H113NO4/c1-3-5-7-9-11-13-15-17-19-21-23-24-25-26-27-28-29-30-31-33-35-37-39-41-43-45-47-49-51-55(60)57-53(52-58)56(61)54(59)50-48-46-44-42-40-38-36-34-32-22-20-18-16-14-12-10-8-6-4-2/h53-54,56,58-59,61H,3-52H2,1-2H3,(H,57,60). The van der Waals surface area contributed by atoms with Gasteiger partial charge in [-0.3, -0.25) is 4.79 Å². The molecule has 1 amide bonds. The lowest BCUT2D eigenvalue weighted by Gasteiger charge is -2.26. The Morgan fingerprint density at radius 2 is 0.557 bits per heavy atom. The number of aliphatic hydroxyl groups excluding tert-OH is 3. The first-order valence-corrected chi connectivity index (χ1v) is 28.3. The van der Waals surface area contributed by atoms with Crippen molar-refractivity contribution in [1.82, 2.24) is 5.32 Å². The molecule has 0 radical (unpaired) electrons. The number of nitrogens with one attached hydrogen (secondary N) is 1. The molecular weight excluding hydrogens is 751 g/mol. The minimum absolute atomic E-state index is 0.136. The van der Waals surface area contributed by atoms with E-state index in [9.17, 15) is 20.1 Å². The largest absolute Gasteiger partial charge is 0.394 e. The summed E-state index contributed by atoms with van der Waals surface area (Å²) in [7, 11) is 0. The number of carbonyl (C=O) groups excluding carboxylic acids is 1. The van der Waals surface area contributed by atoms with E-state index in [1.165, 1.54) is 270 Å². The van der Waals surface area contributed by atoms with E-state index < -0.39 is 18.2 Å². The topological polar surface area (TPSA) is 89.8 Å². The molecule has 0 aromatic heterocycles. The van der Waals surface area contributed by atoms with Crippen molar-refractivity contribution in [1.29, 1.82) is 0 Å². The second-order valence-corrected chi connectivity index (χ2v) is 19.9. The zero-order chi connectivity index (χ0) is 44.4. The quantitative estimate of drug-likeness (QED) is 0.0459. The van der Waals surface area contributed by atoms with Crippen molar-refractivity contribution in [2.45, 2.75) is 347 Å². The van der Waals surface area contributed by atoms with Gasteiger partial charge in [-0.05, 0) is 12.8 Å². The zero-order valence-electron chi connectivity index (χ0n) is 41.8. The summed E-state index contributed by atoms with van der Waals surface area (Å²) in [6.07, 6.45) is 62.6. The molecule has 0 fully saturated rings. The van der Waals surface area contributed by atoms with Crippen molar-refractivity contribution in [2.24, 2.45) is 0 Å². The van der Waals surface area contributed by atoms with Gasteiger partial charge in [0.15, 0.2) is 0 Å². The van der Waals surface area contributed by atoms with Gasteiger partial charge in [-0.1, -0.05) is 309 Å². The van der Waals surface area contributed by atoms with E-state index >= 15 is 0 Å². The van der Waals surface area contributed by atoms with Crippen molar-refractivity contribution in [3.05, 3.63) is 0 Å². The van der Waals surface area contributed by atoms with Gasteiger partial charge in [-0.2, -0.15) is 0 Å². The number of unbranched alkanes of at least 4 members (excludes halogenated alkanes) is 45. The Morgan fingerprint density at radius 1 is 0.344 bits per heavy atom. The van der Waals surface area contributed by atoms with Crippen LogP contribution in [0.25, 0.3) is 0 Å². The molecule has 0 aliphatic carbocycles. The Kier molecular flexibility index (Phi) is 51.4. The Labute approximate surface area is 383 Å². The average Bonchev–Trinajstić information content (AvgIpc) is 3.26.